The van der Waals surface area contributed by atoms with Crippen LogP contribution >= 0.6 is 23.1 Å². The van der Waals surface area contributed by atoms with Gasteiger partial charge in [-0.3, -0.25) is 4.79 Å². The van der Waals surface area contributed by atoms with Crippen LogP contribution in [0.3, 0.4) is 0 Å². The highest BCUT2D eigenvalue weighted by molar-refractivity contribution is 8.01. The van der Waals surface area contributed by atoms with E-state index in [1.807, 2.05) is 27.7 Å². The van der Waals surface area contributed by atoms with Crippen molar-refractivity contribution in [2.45, 2.75) is 44.0 Å². The third kappa shape index (κ3) is 5.08. The number of carbonyl (C=O) groups excluding carboxylic acids is 1. The van der Waals surface area contributed by atoms with E-state index >= 15 is 0 Å². The average Bonchev–Trinajstić information content (AvgIpc) is 2.76. The number of thioether (sulfide) groups is 1. The van der Waals surface area contributed by atoms with Crippen LogP contribution in [0.25, 0.3) is 0 Å². The molecule has 0 amide bonds. The molecule has 0 radical (unpaired) electrons. The van der Waals surface area contributed by atoms with Crippen molar-refractivity contribution in [2.24, 2.45) is 0 Å². The molecule has 0 saturated carbocycles. The molecule has 0 bridgehead atoms. The van der Waals surface area contributed by atoms with Crippen LogP contribution in [0.5, 0.6) is 0 Å². The zero-order valence-electron chi connectivity index (χ0n) is 11.9. The molecule has 1 unspecified atom stereocenters. The van der Waals surface area contributed by atoms with Gasteiger partial charge < -0.3 is 10.1 Å². The molecule has 7 heteroatoms. The number of ether oxygens (including phenoxy) is 1. The maximum atomic E-state index is 12.0. The summed E-state index contributed by atoms with van der Waals surface area (Å²) in [6.45, 7) is 8.77. The zero-order valence-corrected chi connectivity index (χ0v) is 13.5. The third-order valence-electron chi connectivity index (χ3n) is 2.63. The molecule has 0 aliphatic heterocycles. The van der Waals surface area contributed by atoms with Crippen LogP contribution in [0.1, 0.15) is 32.2 Å². The van der Waals surface area contributed by atoms with Crippen molar-refractivity contribution in [1.82, 2.24) is 15.5 Å². The van der Waals surface area contributed by atoms with E-state index in [1.165, 1.54) is 0 Å². The zero-order chi connectivity index (χ0) is 14.3. The van der Waals surface area contributed by atoms with Crippen LogP contribution in [-0.2, 0) is 9.53 Å². The Hall–Kier alpha value is -0.660. The Balaban J connectivity index is 2.51. The summed E-state index contributed by atoms with van der Waals surface area (Å²) in [7, 11) is 0. The minimum absolute atomic E-state index is 0.189. The summed E-state index contributed by atoms with van der Waals surface area (Å²) >= 11 is 3.20. The van der Waals surface area contributed by atoms with Crippen molar-refractivity contribution in [3.63, 3.8) is 0 Å². The monoisotopic (exact) mass is 303 g/mol. The maximum absolute atomic E-state index is 12.0. The average molecular weight is 303 g/mol. The van der Waals surface area contributed by atoms with Gasteiger partial charge in [0.1, 0.15) is 10.5 Å². The largest absolute Gasteiger partial charge is 0.465 e. The lowest BCUT2D eigenvalue weighted by Gasteiger charge is -2.27. The number of hydrogen-bond acceptors (Lipinski definition) is 7. The molecule has 1 rings (SSSR count). The van der Waals surface area contributed by atoms with Gasteiger partial charge in [-0.2, -0.15) is 0 Å². The topological polar surface area (TPSA) is 64.1 Å². The molecular formula is C12H21N3O2S2. The number of nitrogens with one attached hydrogen (secondary N) is 1. The molecule has 0 fully saturated rings. The fourth-order valence-corrected chi connectivity index (χ4v) is 3.67. The molecule has 19 heavy (non-hydrogen) atoms. The van der Waals surface area contributed by atoms with Crippen LogP contribution < -0.4 is 5.32 Å². The summed E-state index contributed by atoms with van der Waals surface area (Å²) in [5.74, 6) is 0.614. The molecule has 1 atom stereocenters. The van der Waals surface area contributed by atoms with Gasteiger partial charge >= 0.3 is 5.97 Å². The fourth-order valence-electron chi connectivity index (χ4n) is 1.62. The SMILES string of the molecule is CCNC(C)(CCSc1nnc(C)s1)C(=O)OCC. The highest BCUT2D eigenvalue weighted by Gasteiger charge is 2.33. The maximum Gasteiger partial charge on any atom is 0.326 e. The molecule has 0 spiro atoms. The Kier molecular flexibility index (Phi) is 6.74. The summed E-state index contributed by atoms with van der Waals surface area (Å²) in [5.41, 5.74) is -0.627. The number of hydrogen-bond donors (Lipinski definition) is 1. The van der Waals surface area contributed by atoms with Crippen molar-refractivity contribution in [3.05, 3.63) is 5.01 Å². The van der Waals surface area contributed by atoms with Gasteiger partial charge in [0.05, 0.1) is 6.61 Å². The molecule has 1 heterocycles. The Morgan fingerprint density at radius 2 is 2.21 bits per heavy atom. The van der Waals surface area contributed by atoms with E-state index in [9.17, 15) is 4.79 Å². The normalized spacial score (nSPS) is 14.1. The summed E-state index contributed by atoms with van der Waals surface area (Å²) in [6, 6.07) is 0. The molecule has 1 N–H and O–H groups in total. The smallest absolute Gasteiger partial charge is 0.326 e. The molecule has 1 aromatic heterocycles. The van der Waals surface area contributed by atoms with Crippen molar-refractivity contribution in [2.75, 3.05) is 18.9 Å². The Morgan fingerprint density at radius 1 is 1.47 bits per heavy atom. The predicted molar refractivity (Wildman–Crippen MR) is 78.7 cm³/mol. The van der Waals surface area contributed by atoms with Gasteiger partial charge in [0, 0.05) is 5.75 Å². The molecule has 0 aromatic carbocycles. The van der Waals surface area contributed by atoms with Gasteiger partial charge in [0.2, 0.25) is 0 Å². The van der Waals surface area contributed by atoms with Gasteiger partial charge in [0.25, 0.3) is 0 Å². The van der Waals surface area contributed by atoms with Crippen LogP contribution in [0.2, 0.25) is 0 Å². The van der Waals surface area contributed by atoms with Crippen LogP contribution in [0.15, 0.2) is 4.34 Å². The number of aryl methyl sites for hydroxylation is 1. The van der Waals surface area contributed by atoms with Crippen molar-refractivity contribution >= 4 is 29.1 Å². The minimum atomic E-state index is -0.627. The fraction of sp³-hybridized carbons (Fsp3) is 0.750. The second-order valence-corrected chi connectivity index (χ2v) is 6.79. The van der Waals surface area contributed by atoms with E-state index in [0.29, 0.717) is 13.0 Å². The van der Waals surface area contributed by atoms with E-state index in [4.69, 9.17) is 4.74 Å². The van der Waals surface area contributed by atoms with E-state index < -0.39 is 5.54 Å². The standard InChI is InChI=1S/C12H21N3O2S2/c1-5-13-12(4,10(16)17-6-2)7-8-18-11-15-14-9(3)19-11/h13H,5-8H2,1-4H3. The number of nitrogens with zero attached hydrogens (tertiary/aromatic N) is 2. The Morgan fingerprint density at radius 3 is 2.74 bits per heavy atom. The Labute approximate surface area is 122 Å². The van der Waals surface area contributed by atoms with Gasteiger partial charge in [-0.1, -0.05) is 30.0 Å². The number of aromatic nitrogens is 2. The highest BCUT2D eigenvalue weighted by Crippen LogP contribution is 2.25. The first-order valence-corrected chi connectivity index (χ1v) is 8.17. The Bertz CT molecular complexity index is 411. The summed E-state index contributed by atoms with van der Waals surface area (Å²) in [4.78, 5) is 12.0. The molecule has 0 aliphatic rings. The van der Waals surface area contributed by atoms with E-state index in [2.05, 4.69) is 15.5 Å². The molecule has 0 saturated heterocycles. The second kappa shape index (κ2) is 7.81. The molecular weight excluding hydrogens is 282 g/mol. The number of rotatable bonds is 8. The van der Waals surface area contributed by atoms with Gasteiger partial charge in [0.15, 0.2) is 4.34 Å². The molecule has 0 aliphatic carbocycles. The van der Waals surface area contributed by atoms with Crippen molar-refractivity contribution in [3.8, 4) is 0 Å². The van der Waals surface area contributed by atoms with Gasteiger partial charge in [-0.15, -0.1) is 10.2 Å². The van der Waals surface area contributed by atoms with Gasteiger partial charge in [-0.05, 0) is 33.7 Å². The van der Waals surface area contributed by atoms with Crippen LogP contribution in [0.4, 0.5) is 0 Å². The predicted octanol–water partition coefficient (Wildman–Crippen LogP) is 2.26. The first-order chi connectivity index (χ1) is 9.01. The van der Waals surface area contributed by atoms with Crippen molar-refractivity contribution < 1.29 is 9.53 Å². The summed E-state index contributed by atoms with van der Waals surface area (Å²) in [5, 5.41) is 12.2. The van der Waals surface area contributed by atoms with E-state index in [-0.39, 0.29) is 5.97 Å². The first kappa shape index (κ1) is 16.4. The van der Waals surface area contributed by atoms with Crippen LogP contribution in [-0.4, -0.2) is 40.6 Å². The highest BCUT2D eigenvalue weighted by atomic mass is 32.2. The lowest BCUT2D eigenvalue weighted by Crippen LogP contribution is -2.50. The third-order valence-corrected chi connectivity index (χ3v) is 4.60. The van der Waals surface area contributed by atoms with Crippen LogP contribution in [0, 0.1) is 6.92 Å². The summed E-state index contributed by atoms with van der Waals surface area (Å²) in [6.07, 6.45) is 0.697. The van der Waals surface area contributed by atoms with E-state index in [0.717, 1.165) is 21.6 Å². The number of esters is 1. The number of carbonyl (C=O) groups is 1. The lowest BCUT2D eigenvalue weighted by molar-refractivity contribution is -0.150. The van der Waals surface area contributed by atoms with Crippen molar-refractivity contribution in [1.29, 1.82) is 0 Å². The minimum Gasteiger partial charge on any atom is -0.465 e. The van der Waals surface area contributed by atoms with E-state index in [1.54, 1.807) is 23.1 Å². The lowest BCUT2D eigenvalue weighted by atomic mass is 9.99. The summed E-state index contributed by atoms with van der Waals surface area (Å²) < 4.78 is 6.08. The first-order valence-electron chi connectivity index (χ1n) is 6.37. The molecule has 108 valence electrons. The van der Waals surface area contributed by atoms with Gasteiger partial charge in [-0.25, -0.2) is 0 Å². The second-order valence-electron chi connectivity index (χ2n) is 4.27. The quantitative estimate of drug-likeness (QED) is 0.587. The molecule has 5 nitrogen and oxygen atoms in total. The molecule has 1 aromatic rings. The number of likely N-dealkylation sites (N-methyl/N-ethyl adjacent to an activating group) is 1.